The van der Waals surface area contributed by atoms with Crippen LogP contribution in [0.15, 0.2) is 18.5 Å². The second-order valence-electron chi connectivity index (χ2n) is 2.34. The van der Waals surface area contributed by atoms with Gasteiger partial charge in [-0.3, -0.25) is 0 Å². The van der Waals surface area contributed by atoms with E-state index >= 15 is 0 Å². The highest BCUT2D eigenvalue weighted by molar-refractivity contribution is 6.30. The highest BCUT2D eigenvalue weighted by Gasteiger charge is 1.98. The van der Waals surface area contributed by atoms with Gasteiger partial charge in [-0.2, -0.15) is 0 Å². The van der Waals surface area contributed by atoms with Crippen LogP contribution in [0.3, 0.4) is 0 Å². The molecule has 0 aliphatic carbocycles. The van der Waals surface area contributed by atoms with Crippen molar-refractivity contribution in [1.82, 2.24) is 9.97 Å². The largest absolute Gasteiger partial charge is 0.331 e. The minimum Gasteiger partial charge on any atom is -0.331 e. The zero-order valence-corrected chi connectivity index (χ0v) is 7.84. The topological polar surface area (TPSA) is 61.7 Å². The molecule has 0 spiro atoms. The minimum absolute atomic E-state index is 0.425. The van der Waals surface area contributed by atoms with Crippen LogP contribution in [0.25, 0.3) is 0 Å². The maximum atomic E-state index is 6.73. The average Bonchev–Trinajstić information content (AvgIpc) is 2.12. The summed E-state index contributed by atoms with van der Waals surface area (Å²) in [4.78, 5) is 7.94. The third kappa shape index (κ3) is 2.83. The van der Waals surface area contributed by atoms with E-state index in [1.54, 1.807) is 12.4 Å². The Morgan fingerprint density at radius 1 is 1.62 bits per heavy atom. The molecule has 5 heteroatoms. The molecule has 0 radical (unpaired) electrons. The summed E-state index contributed by atoms with van der Waals surface area (Å²) in [6.07, 6.45) is 5.88. The number of allylic oxidation sites excluding steroid dienone is 1. The van der Waals surface area contributed by atoms with Gasteiger partial charge in [0.15, 0.2) is 0 Å². The quantitative estimate of drug-likeness (QED) is 0.574. The molecule has 0 atom stereocenters. The lowest BCUT2D eigenvalue weighted by Crippen LogP contribution is -1.96. The van der Waals surface area contributed by atoms with Crippen molar-refractivity contribution in [3.8, 4) is 0 Å². The van der Waals surface area contributed by atoms with Crippen molar-refractivity contribution < 1.29 is 0 Å². The van der Waals surface area contributed by atoms with E-state index in [0.29, 0.717) is 11.1 Å². The van der Waals surface area contributed by atoms with Crippen molar-refractivity contribution in [2.45, 2.75) is 6.92 Å². The van der Waals surface area contributed by atoms with Gasteiger partial charge in [-0.25, -0.2) is 9.97 Å². The molecular weight excluding hydrogens is 188 g/mol. The van der Waals surface area contributed by atoms with Gasteiger partial charge in [0.05, 0.1) is 0 Å². The van der Waals surface area contributed by atoms with Crippen molar-refractivity contribution in [2.75, 3.05) is 5.32 Å². The van der Waals surface area contributed by atoms with Gasteiger partial charge < -0.3 is 10.7 Å². The summed E-state index contributed by atoms with van der Waals surface area (Å²) in [5, 5.41) is 9.93. The molecule has 0 aromatic carbocycles. The second-order valence-corrected chi connectivity index (χ2v) is 2.70. The molecule has 4 nitrogen and oxygen atoms in total. The highest BCUT2D eigenvalue weighted by atomic mass is 35.5. The monoisotopic (exact) mass is 196 g/mol. The third-order valence-corrected chi connectivity index (χ3v) is 1.70. The van der Waals surface area contributed by atoms with Crippen LogP contribution in [0.4, 0.5) is 5.95 Å². The molecule has 0 unspecified atom stereocenters. The first-order chi connectivity index (χ1) is 6.24. The fourth-order valence-corrected chi connectivity index (χ4v) is 0.790. The summed E-state index contributed by atoms with van der Waals surface area (Å²) < 4.78 is 0. The maximum Gasteiger partial charge on any atom is 0.228 e. The number of aryl methyl sites for hydroxylation is 1. The summed E-state index contributed by atoms with van der Waals surface area (Å²) in [5.41, 5.74) is 0.836. The second kappa shape index (κ2) is 4.57. The Morgan fingerprint density at radius 3 is 3.00 bits per heavy atom. The molecular formula is C8H9ClN4. The summed E-state index contributed by atoms with van der Waals surface area (Å²) in [6.45, 7) is 1.83. The maximum absolute atomic E-state index is 6.73. The average molecular weight is 197 g/mol. The number of nitrogens with one attached hydrogen (secondary N) is 2. The van der Waals surface area contributed by atoms with Gasteiger partial charge in [-0.15, -0.1) is 0 Å². The Kier molecular flexibility index (Phi) is 3.40. The van der Waals surface area contributed by atoms with Crippen molar-refractivity contribution in [1.29, 1.82) is 5.41 Å². The van der Waals surface area contributed by atoms with Crippen LogP contribution in [0.5, 0.6) is 0 Å². The van der Waals surface area contributed by atoms with Crippen LogP contribution in [-0.4, -0.2) is 16.2 Å². The van der Waals surface area contributed by atoms with E-state index in [0.717, 1.165) is 11.8 Å². The fraction of sp³-hybridized carbons (Fsp3) is 0.125. The zero-order chi connectivity index (χ0) is 9.68. The van der Waals surface area contributed by atoms with Crippen LogP contribution >= 0.6 is 11.6 Å². The van der Waals surface area contributed by atoms with Gasteiger partial charge in [0, 0.05) is 24.2 Å². The van der Waals surface area contributed by atoms with Crippen LogP contribution < -0.4 is 5.32 Å². The van der Waals surface area contributed by atoms with E-state index in [2.05, 4.69) is 15.3 Å². The van der Waals surface area contributed by atoms with Crippen molar-refractivity contribution in [3.05, 3.63) is 29.2 Å². The van der Waals surface area contributed by atoms with E-state index in [4.69, 9.17) is 17.0 Å². The first-order valence-electron chi connectivity index (χ1n) is 3.65. The summed E-state index contributed by atoms with van der Waals surface area (Å²) >= 11 is 5.77. The van der Waals surface area contributed by atoms with Gasteiger partial charge in [0.2, 0.25) is 5.95 Å². The van der Waals surface area contributed by atoms with Crippen LogP contribution in [0, 0.1) is 12.3 Å². The van der Waals surface area contributed by atoms with E-state index in [9.17, 15) is 0 Å². The molecule has 0 bridgehead atoms. The summed E-state index contributed by atoms with van der Waals surface area (Å²) in [7, 11) is 0. The first-order valence-corrected chi connectivity index (χ1v) is 4.03. The van der Waals surface area contributed by atoms with E-state index in [-0.39, 0.29) is 0 Å². The molecule has 68 valence electrons. The SMILES string of the molecule is Cc1cnc(N/C=C/C=N)nc1Cl. The van der Waals surface area contributed by atoms with Gasteiger partial charge in [0.25, 0.3) is 0 Å². The Hall–Kier alpha value is -1.42. The molecule has 1 heterocycles. The summed E-state index contributed by atoms with van der Waals surface area (Å²) in [5.74, 6) is 0.425. The molecule has 0 amide bonds. The number of rotatable bonds is 3. The normalized spacial score (nSPS) is 10.3. The fourth-order valence-electron chi connectivity index (χ4n) is 0.662. The Labute approximate surface area is 81.2 Å². The molecule has 1 rings (SSSR count). The number of nitrogens with zero attached hydrogens (tertiary/aromatic N) is 2. The molecule has 0 saturated heterocycles. The van der Waals surface area contributed by atoms with Crippen molar-refractivity contribution in [3.63, 3.8) is 0 Å². The van der Waals surface area contributed by atoms with E-state index in [1.165, 1.54) is 6.08 Å². The van der Waals surface area contributed by atoms with E-state index in [1.807, 2.05) is 6.92 Å². The number of halogens is 1. The Balaban J connectivity index is 2.73. The molecule has 13 heavy (non-hydrogen) atoms. The van der Waals surface area contributed by atoms with Gasteiger partial charge in [0.1, 0.15) is 5.15 Å². The molecule has 0 fully saturated rings. The number of hydrogen-bond acceptors (Lipinski definition) is 4. The van der Waals surface area contributed by atoms with Crippen LogP contribution in [0.2, 0.25) is 5.15 Å². The van der Waals surface area contributed by atoms with Gasteiger partial charge >= 0.3 is 0 Å². The van der Waals surface area contributed by atoms with Gasteiger partial charge in [-0.1, -0.05) is 11.6 Å². The van der Waals surface area contributed by atoms with Gasteiger partial charge in [-0.05, 0) is 13.0 Å². The molecule has 0 aliphatic rings. The number of aromatic nitrogens is 2. The zero-order valence-electron chi connectivity index (χ0n) is 7.08. The molecule has 1 aromatic heterocycles. The predicted molar refractivity (Wildman–Crippen MR) is 53.3 cm³/mol. The lowest BCUT2D eigenvalue weighted by Gasteiger charge is -1.99. The number of hydrogen-bond donors (Lipinski definition) is 2. The lowest BCUT2D eigenvalue weighted by molar-refractivity contribution is 1.13. The third-order valence-electron chi connectivity index (χ3n) is 1.31. The minimum atomic E-state index is 0.425. The lowest BCUT2D eigenvalue weighted by atomic mass is 10.4. The standard InChI is InChI=1S/C8H9ClN4/c1-6-5-12-8(13-7(6)9)11-4-2-3-10/h2-5,10H,1H3,(H,11,12,13)/b4-2+,10-3?. The first kappa shape index (κ1) is 9.67. The summed E-state index contributed by atoms with van der Waals surface area (Å²) in [6, 6.07) is 0. The molecule has 0 saturated carbocycles. The molecule has 1 aromatic rings. The molecule has 2 N–H and O–H groups in total. The highest BCUT2D eigenvalue weighted by Crippen LogP contribution is 2.11. The van der Waals surface area contributed by atoms with Crippen molar-refractivity contribution in [2.24, 2.45) is 0 Å². The predicted octanol–water partition coefficient (Wildman–Crippen LogP) is 2.01. The van der Waals surface area contributed by atoms with E-state index < -0.39 is 0 Å². The Morgan fingerprint density at radius 2 is 2.38 bits per heavy atom. The van der Waals surface area contributed by atoms with Crippen LogP contribution in [-0.2, 0) is 0 Å². The smallest absolute Gasteiger partial charge is 0.228 e. The Bertz CT molecular complexity index is 335. The van der Waals surface area contributed by atoms with Crippen LogP contribution in [0.1, 0.15) is 5.56 Å². The van der Waals surface area contributed by atoms with Crippen molar-refractivity contribution >= 4 is 23.8 Å². The molecule has 0 aliphatic heterocycles. The number of anilines is 1.